The summed E-state index contributed by atoms with van der Waals surface area (Å²) in [5.41, 5.74) is 0.927. The van der Waals surface area contributed by atoms with E-state index in [0.29, 0.717) is 31.0 Å². The average molecular weight is 282 g/mol. The van der Waals surface area contributed by atoms with E-state index in [9.17, 15) is 9.59 Å². The van der Waals surface area contributed by atoms with Crippen molar-refractivity contribution in [2.45, 2.75) is 12.8 Å². The number of esters is 1. The van der Waals surface area contributed by atoms with E-state index in [2.05, 4.69) is 0 Å². The molecule has 0 spiro atoms. The van der Waals surface area contributed by atoms with Gasteiger partial charge in [0.1, 0.15) is 0 Å². The minimum Gasteiger partial charge on any atom is -0.469 e. The average Bonchev–Trinajstić information content (AvgIpc) is 2.90. The minimum atomic E-state index is -0.234. The molecule has 102 valence electrons. The lowest BCUT2D eigenvalue weighted by Gasteiger charge is -2.16. The zero-order valence-corrected chi connectivity index (χ0v) is 11.5. The molecule has 5 heteroatoms. The van der Waals surface area contributed by atoms with Crippen molar-refractivity contribution in [3.05, 3.63) is 34.9 Å². The number of benzene rings is 1. The Kier molecular flexibility index (Phi) is 4.43. The summed E-state index contributed by atoms with van der Waals surface area (Å²) in [6, 6.07) is 7.22. The highest BCUT2D eigenvalue weighted by Crippen LogP contribution is 2.19. The Morgan fingerprint density at radius 1 is 1.37 bits per heavy atom. The van der Waals surface area contributed by atoms with Gasteiger partial charge in [0.25, 0.3) is 0 Å². The van der Waals surface area contributed by atoms with Crippen LogP contribution in [-0.2, 0) is 20.7 Å². The number of hydrogen-bond acceptors (Lipinski definition) is 3. The molecule has 19 heavy (non-hydrogen) atoms. The molecule has 1 aliphatic rings. The van der Waals surface area contributed by atoms with Crippen molar-refractivity contribution in [1.82, 2.24) is 4.90 Å². The van der Waals surface area contributed by atoms with Gasteiger partial charge < -0.3 is 9.64 Å². The Balaban J connectivity index is 1.91. The Bertz CT molecular complexity index is 472. The number of methoxy groups -OCH3 is 1. The molecular weight excluding hydrogens is 266 g/mol. The van der Waals surface area contributed by atoms with Crippen LogP contribution >= 0.6 is 11.6 Å². The van der Waals surface area contributed by atoms with Crippen molar-refractivity contribution in [2.24, 2.45) is 5.92 Å². The van der Waals surface area contributed by atoms with Gasteiger partial charge >= 0.3 is 5.97 Å². The summed E-state index contributed by atoms with van der Waals surface area (Å²) in [6.07, 6.45) is 1.02. The van der Waals surface area contributed by atoms with Crippen molar-refractivity contribution in [1.29, 1.82) is 0 Å². The van der Waals surface area contributed by atoms with Crippen molar-refractivity contribution in [3.63, 3.8) is 0 Å². The van der Waals surface area contributed by atoms with Gasteiger partial charge in [0.2, 0.25) is 5.91 Å². The van der Waals surface area contributed by atoms with Crippen LogP contribution in [0.3, 0.4) is 0 Å². The quantitative estimate of drug-likeness (QED) is 0.795. The van der Waals surface area contributed by atoms with Gasteiger partial charge in [-0.05, 0) is 24.1 Å². The van der Waals surface area contributed by atoms with E-state index in [0.717, 1.165) is 5.56 Å². The minimum absolute atomic E-state index is 0.0359. The summed E-state index contributed by atoms with van der Waals surface area (Å²) in [6.45, 7) is 1.07. The van der Waals surface area contributed by atoms with E-state index in [1.54, 1.807) is 17.0 Å². The fourth-order valence-corrected chi connectivity index (χ4v) is 2.36. The number of carbonyl (C=O) groups is 2. The highest BCUT2D eigenvalue weighted by Gasteiger charge is 2.31. The maximum Gasteiger partial charge on any atom is 0.310 e. The Hall–Kier alpha value is -1.55. The Labute approximate surface area is 117 Å². The molecule has 0 bridgehead atoms. The number of rotatable bonds is 3. The van der Waals surface area contributed by atoms with Crippen LogP contribution < -0.4 is 0 Å². The topological polar surface area (TPSA) is 46.6 Å². The van der Waals surface area contributed by atoms with E-state index in [4.69, 9.17) is 16.3 Å². The van der Waals surface area contributed by atoms with E-state index in [1.165, 1.54) is 7.11 Å². The van der Waals surface area contributed by atoms with Crippen molar-refractivity contribution in [3.8, 4) is 0 Å². The maximum atomic E-state index is 12.1. The van der Waals surface area contributed by atoms with Crippen molar-refractivity contribution < 1.29 is 14.3 Å². The maximum absolute atomic E-state index is 12.1. The van der Waals surface area contributed by atoms with Crippen LogP contribution in [0.15, 0.2) is 24.3 Å². The molecule has 0 aromatic heterocycles. The van der Waals surface area contributed by atoms with E-state index in [1.807, 2.05) is 12.1 Å². The second-order valence-corrected chi connectivity index (χ2v) is 5.09. The summed E-state index contributed by atoms with van der Waals surface area (Å²) in [4.78, 5) is 25.2. The molecule has 0 N–H and O–H groups in total. The second kappa shape index (κ2) is 6.06. The van der Waals surface area contributed by atoms with E-state index in [-0.39, 0.29) is 17.8 Å². The highest BCUT2D eigenvalue weighted by molar-refractivity contribution is 6.30. The Morgan fingerprint density at radius 3 is 2.68 bits per heavy atom. The number of nitrogens with zero attached hydrogens (tertiary/aromatic N) is 1. The normalized spacial score (nSPS) is 18.4. The first-order chi connectivity index (χ1) is 9.10. The Morgan fingerprint density at radius 2 is 2.05 bits per heavy atom. The largest absolute Gasteiger partial charge is 0.469 e. The van der Waals surface area contributed by atoms with Crippen LogP contribution in [0, 0.1) is 5.92 Å². The predicted molar refractivity (Wildman–Crippen MR) is 71.9 cm³/mol. The SMILES string of the molecule is COC(=O)C1CCN(C(=O)Cc2ccc(Cl)cc2)C1. The number of hydrogen-bond donors (Lipinski definition) is 0. The first-order valence-electron chi connectivity index (χ1n) is 6.20. The standard InChI is InChI=1S/C14H16ClNO3/c1-19-14(18)11-6-7-16(9-11)13(17)8-10-2-4-12(15)5-3-10/h2-5,11H,6-9H2,1H3. The van der Waals surface area contributed by atoms with Gasteiger partial charge in [-0.2, -0.15) is 0 Å². The summed E-state index contributed by atoms with van der Waals surface area (Å²) < 4.78 is 4.70. The molecule has 0 radical (unpaired) electrons. The van der Waals surface area contributed by atoms with Gasteiger partial charge in [-0.25, -0.2) is 0 Å². The lowest BCUT2D eigenvalue weighted by Crippen LogP contribution is -2.31. The van der Waals surface area contributed by atoms with Gasteiger partial charge in [-0.3, -0.25) is 9.59 Å². The summed E-state index contributed by atoms with van der Waals surface area (Å²) in [5, 5.41) is 0.656. The smallest absolute Gasteiger partial charge is 0.310 e. The number of halogens is 1. The summed E-state index contributed by atoms with van der Waals surface area (Å²) in [5.74, 6) is -0.380. The lowest BCUT2D eigenvalue weighted by molar-refractivity contribution is -0.145. The number of likely N-dealkylation sites (tertiary alicyclic amines) is 1. The second-order valence-electron chi connectivity index (χ2n) is 4.65. The van der Waals surface area contributed by atoms with Crippen molar-refractivity contribution >= 4 is 23.5 Å². The van der Waals surface area contributed by atoms with Crippen LogP contribution in [0.25, 0.3) is 0 Å². The highest BCUT2D eigenvalue weighted by atomic mass is 35.5. The van der Waals surface area contributed by atoms with Gasteiger partial charge in [-0.1, -0.05) is 23.7 Å². The fraction of sp³-hybridized carbons (Fsp3) is 0.429. The van der Waals surface area contributed by atoms with Crippen molar-refractivity contribution in [2.75, 3.05) is 20.2 Å². The molecule has 1 atom stereocenters. The zero-order chi connectivity index (χ0) is 13.8. The van der Waals surface area contributed by atoms with Crippen LogP contribution in [0.1, 0.15) is 12.0 Å². The summed E-state index contributed by atoms with van der Waals surface area (Å²) in [7, 11) is 1.38. The molecule has 1 amide bonds. The molecule has 1 saturated heterocycles. The third kappa shape index (κ3) is 3.47. The molecule has 0 saturated carbocycles. The molecule has 0 aliphatic carbocycles. The molecule has 1 fully saturated rings. The van der Waals surface area contributed by atoms with Gasteiger partial charge in [0.05, 0.1) is 19.4 Å². The summed E-state index contributed by atoms with van der Waals surface area (Å²) >= 11 is 5.80. The van der Waals surface area contributed by atoms with Crippen LogP contribution in [0.4, 0.5) is 0 Å². The third-order valence-corrected chi connectivity index (χ3v) is 3.60. The first kappa shape index (κ1) is 13.9. The molecule has 1 heterocycles. The van der Waals surface area contributed by atoms with Gasteiger partial charge in [0, 0.05) is 18.1 Å². The molecule has 1 unspecified atom stereocenters. The molecule has 1 aromatic carbocycles. The molecule has 1 aliphatic heterocycles. The number of carbonyl (C=O) groups excluding carboxylic acids is 2. The fourth-order valence-electron chi connectivity index (χ4n) is 2.23. The molecule has 1 aromatic rings. The monoisotopic (exact) mass is 281 g/mol. The van der Waals surface area contributed by atoms with Crippen LogP contribution in [-0.4, -0.2) is 37.0 Å². The van der Waals surface area contributed by atoms with Crippen LogP contribution in [0.2, 0.25) is 5.02 Å². The van der Waals surface area contributed by atoms with E-state index >= 15 is 0 Å². The molecule has 4 nitrogen and oxygen atoms in total. The number of amides is 1. The molecular formula is C14H16ClNO3. The van der Waals surface area contributed by atoms with Crippen LogP contribution in [0.5, 0.6) is 0 Å². The first-order valence-corrected chi connectivity index (χ1v) is 6.58. The molecule has 2 rings (SSSR count). The van der Waals surface area contributed by atoms with E-state index < -0.39 is 0 Å². The lowest BCUT2D eigenvalue weighted by atomic mass is 10.1. The zero-order valence-electron chi connectivity index (χ0n) is 10.8. The predicted octanol–water partition coefficient (Wildman–Crippen LogP) is 1.90. The van der Waals surface area contributed by atoms with Gasteiger partial charge in [-0.15, -0.1) is 0 Å². The third-order valence-electron chi connectivity index (χ3n) is 3.34. The number of ether oxygens (including phenoxy) is 1. The van der Waals surface area contributed by atoms with Gasteiger partial charge in [0.15, 0.2) is 0 Å².